The molecule has 172 valence electrons. The van der Waals surface area contributed by atoms with Gasteiger partial charge in [-0.2, -0.15) is 9.57 Å². The summed E-state index contributed by atoms with van der Waals surface area (Å²) in [4.78, 5) is -0.436. The molecule has 1 fully saturated rings. The Balaban J connectivity index is 2.04. The van der Waals surface area contributed by atoms with Crippen molar-refractivity contribution in [3.05, 3.63) is 53.1 Å². The molecule has 1 aliphatic heterocycles. The highest BCUT2D eigenvalue weighted by Gasteiger charge is 2.55. The summed E-state index contributed by atoms with van der Waals surface area (Å²) in [6.07, 6.45) is 0. The number of sulfonamides is 1. The minimum atomic E-state index is -4.34. The fraction of sp³-hybridized carbons (Fsp3) is 0.350. The zero-order valence-electron chi connectivity index (χ0n) is 17.0. The lowest BCUT2D eigenvalue weighted by Gasteiger charge is -2.26. The SMILES string of the molecule is CCOc1cc(C#N)ccc1S(=O)(=O)N1C[C@H](S(=O)(=O)c2ccc(Cl)cc2)[C@](O)(CO)C1. The largest absolute Gasteiger partial charge is 0.492 e. The summed E-state index contributed by atoms with van der Waals surface area (Å²) in [6, 6.07) is 10.9. The first kappa shape index (κ1) is 24.4. The highest BCUT2D eigenvalue weighted by atomic mass is 35.5. The molecule has 32 heavy (non-hydrogen) atoms. The average Bonchev–Trinajstić information content (AvgIpc) is 3.14. The molecular formula is C20H21ClN2O7S2. The third kappa shape index (κ3) is 4.34. The van der Waals surface area contributed by atoms with Crippen LogP contribution in [0.2, 0.25) is 5.02 Å². The quantitative estimate of drug-likeness (QED) is 0.576. The summed E-state index contributed by atoms with van der Waals surface area (Å²) in [5.74, 6) is -0.0666. The van der Waals surface area contributed by atoms with E-state index in [4.69, 9.17) is 21.6 Å². The number of rotatable bonds is 7. The first-order chi connectivity index (χ1) is 15.0. The molecule has 2 N–H and O–H groups in total. The number of aliphatic hydroxyl groups excluding tert-OH is 1. The van der Waals surface area contributed by atoms with Gasteiger partial charge in [-0.1, -0.05) is 11.6 Å². The van der Waals surface area contributed by atoms with Crippen LogP contribution < -0.4 is 4.74 Å². The van der Waals surface area contributed by atoms with Crippen molar-refractivity contribution < 1.29 is 31.8 Å². The average molecular weight is 501 g/mol. The summed E-state index contributed by atoms with van der Waals surface area (Å²) in [6.45, 7) is -0.427. The Morgan fingerprint density at radius 1 is 1.22 bits per heavy atom. The maximum atomic E-state index is 13.3. The second kappa shape index (κ2) is 8.97. The van der Waals surface area contributed by atoms with Crippen LogP contribution in [-0.4, -0.2) is 68.5 Å². The van der Waals surface area contributed by atoms with E-state index in [1.54, 1.807) is 6.92 Å². The van der Waals surface area contributed by atoms with Gasteiger partial charge >= 0.3 is 0 Å². The van der Waals surface area contributed by atoms with Gasteiger partial charge in [0.25, 0.3) is 0 Å². The van der Waals surface area contributed by atoms with E-state index >= 15 is 0 Å². The van der Waals surface area contributed by atoms with Crippen molar-refractivity contribution in [2.45, 2.75) is 27.6 Å². The molecule has 0 unspecified atom stereocenters. The van der Waals surface area contributed by atoms with Crippen LogP contribution in [0.25, 0.3) is 0 Å². The molecule has 9 nitrogen and oxygen atoms in total. The molecule has 12 heteroatoms. The van der Waals surface area contributed by atoms with Crippen LogP contribution in [0.3, 0.4) is 0 Å². The minimum absolute atomic E-state index is 0.0666. The zero-order chi connectivity index (χ0) is 23.7. The Bertz CT molecular complexity index is 1260. The Hall–Kier alpha value is -2.20. The Morgan fingerprint density at radius 3 is 2.44 bits per heavy atom. The van der Waals surface area contributed by atoms with Gasteiger partial charge in [0.1, 0.15) is 21.5 Å². The molecule has 0 amide bonds. The standard InChI is InChI=1S/C20H21ClN2O7S2/c1-2-30-17-9-14(10-22)3-8-18(17)32(28,29)23-11-19(20(25,12-23)13-24)31(26,27)16-6-4-15(21)5-7-16/h3-9,19,24-25H,2,11-13H2,1H3/t19-,20+/m0/s1. The molecule has 1 saturated heterocycles. The van der Waals surface area contributed by atoms with Gasteiger partial charge in [-0.05, 0) is 49.4 Å². The fourth-order valence-electron chi connectivity index (χ4n) is 3.54. The van der Waals surface area contributed by atoms with Crippen molar-refractivity contribution in [2.75, 3.05) is 26.3 Å². The third-order valence-corrected chi connectivity index (χ3v) is 9.57. The highest BCUT2D eigenvalue weighted by Crippen LogP contribution is 2.37. The van der Waals surface area contributed by atoms with Crippen molar-refractivity contribution in [1.29, 1.82) is 5.26 Å². The van der Waals surface area contributed by atoms with Crippen molar-refractivity contribution in [1.82, 2.24) is 4.31 Å². The van der Waals surface area contributed by atoms with Gasteiger partial charge in [-0.15, -0.1) is 0 Å². The minimum Gasteiger partial charge on any atom is -0.492 e. The number of sulfone groups is 1. The first-order valence-corrected chi connectivity index (χ1v) is 12.9. The van der Waals surface area contributed by atoms with E-state index < -0.39 is 50.4 Å². The number of hydrogen-bond acceptors (Lipinski definition) is 8. The van der Waals surface area contributed by atoms with Gasteiger partial charge in [-0.25, -0.2) is 16.8 Å². The molecule has 0 spiro atoms. The predicted octanol–water partition coefficient (Wildman–Crippen LogP) is 1.18. The molecule has 3 rings (SSSR count). The van der Waals surface area contributed by atoms with Crippen LogP contribution in [0.5, 0.6) is 5.75 Å². The van der Waals surface area contributed by atoms with Crippen molar-refractivity contribution in [3.8, 4) is 11.8 Å². The maximum Gasteiger partial charge on any atom is 0.246 e. The van der Waals surface area contributed by atoms with Crippen LogP contribution in [0.4, 0.5) is 0 Å². The van der Waals surface area contributed by atoms with Gasteiger partial charge < -0.3 is 14.9 Å². The molecule has 1 heterocycles. The van der Waals surface area contributed by atoms with Crippen LogP contribution in [0, 0.1) is 11.3 Å². The van der Waals surface area contributed by atoms with Crippen LogP contribution in [-0.2, 0) is 19.9 Å². The van der Waals surface area contributed by atoms with E-state index in [1.807, 2.05) is 6.07 Å². The number of benzene rings is 2. The van der Waals surface area contributed by atoms with E-state index in [0.717, 1.165) is 4.31 Å². The third-order valence-electron chi connectivity index (χ3n) is 5.20. The molecule has 0 aromatic heterocycles. The number of halogens is 1. The molecule has 0 bridgehead atoms. The van der Waals surface area contributed by atoms with Crippen molar-refractivity contribution >= 4 is 31.5 Å². The first-order valence-electron chi connectivity index (χ1n) is 9.49. The Labute approximate surface area is 191 Å². The number of hydrogen-bond donors (Lipinski definition) is 2. The van der Waals surface area contributed by atoms with Crippen LogP contribution in [0.15, 0.2) is 52.3 Å². The van der Waals surface area contributed by atoms with E-state index in [1.165, 1.54) is 42.5 Å². The molecule has 0 aliphatic carbocycles. The van der Waals surface area contributed by atoms with Crippen molar-refractivity contribution in [3.63, 3.8) is 0 Å². The number of β-amino-alcohol motifs (C(OH)–C–C–N with tert-alkyl or cyclic N) is 1. The molecule has 2 atom stereocenters. The van der Waals surface area contributed by atoms with Gasteiger partial charge in [0, 0.05) is 18.1 Å². The lowest BCUT2D eigenvalue weighted by Crippen LogP contribution is -2.49. The molecule has 1 aliphatic rings. The van der Waals surface area contributed by atoms with E-state index in [0.29, 0.717) is 5.02 Å². The predicted molar refractivity (Wildman–Crippen MR) is 116 cm³/mol. The summed E-state index contributed by atoms with van der Waals surface area (Å²) < 4.78 is 59.2. The molecule has 2 aromatic rings. The Morgan fingerprint density at radius 2 is 1.88 bits per heavy atom. The van der Waals surface area contributed by atoms with Crippen LogP contribution >= 0.6 is 11.6 Å². The lowest BCUT2D eigenvalue weighted by atomic mass is 10.1. The summed E-state index contributed by atoms with van der Waals surface area (Å²) in [5, 5.41) is 28.5. The second-order valence-corrected chi connectivity index (χ2v) is 11.7. The van der Waals surface area contributed by atoms with Gasteiger partial charge in [0.15, 0.2) is 9.84 Å². The molecule has 0 saturated carbocycles. The topological polar surface area (TPSA) is 145 Å². The number of aliphatic hydroxyl groups is 2. The summed E-state index contributed by atoms with van der Waals surface area (Å²) >= 11 is 5.81. The zero-order valence-corrected chi connectivity index (χ0v) is 19.4. The van der Waals surface area contributed by atoms with Gasteiger partial charge in [0.2, 0.25) is 10.0 Å². The van der Waals surface area contributed by atoms with E-state index in [-0.39, 0.29) is 27.7 Å². The van der Waals surface area contributed by atoms with Crippen molar-refractivity contribution in [2.24, 2.45) is 0 Å². The van der Waals surface area contributed by atoms with Gasteiger partial charge in [-0.3, -0.25) is 0 Å². The summed E-state index contributed by atoms with van der Waals surface area (Å²) in [5.41, 5.74) is -2.05. The Kier molecular flexibility index (Phi) is 6.86. The maximum absolute atomic E-state index is 13.3. The normalized spacial score (nSPS) is 21.9. The van der Waals surface area contributed by atoms with E-state index in [2.05, 4.69) is 0 Å². The second-order valence-electron chi connectivity index (χ2n) is 7.25. The van der Waals surface area contributed by atoms with Gasteiger partial charge in [0.05, 0.1) is 29.7 Å². The molecular weight excluding hydrogens is 480 g/mol. The number of nitriles is 1. The van der Waals surface area contributed by atoms with E-state index in [9.17, 15) is 27.0 Å². The molecule has 2 aromatic carbocycles. The fourth-order valence-corrected chi connectivity index (χ4v) is 7.33. The highest BCUT2D eigenvalue weighted by molar-refractivity contribution is 7.92. The monoisotopic (exact) mass is 500 g/mol. The number of ether oxygens (including phenoxy) is 1. The molecule has 0 radical (unpaired) electrons. The number of nitrogens with zero attached hydrogens (tertiary/aromatic N) is 2. The summed E-state index contributed by atoms with van der Waals surface area (Å²) in [7, 11) is -8.57. The smallest absolute Gasteiger partial charge is 0.246 e. The van der Waals surface area contributed by atoms with Crippen LogP contribution in [0.1, 0.15) is 12.5 Å². The lowest BCUT2D eigenvalue weighted by molar-refractivity contribution is 0.00159.